The second-order valence-electron chi connectivity index (χ2n) is 6.04. The molecule has 0 amide bonds. The van der Waals surface area contributed by atoms with Crippen LogP contribution in [0.3, 0.4) is 0 Å². The van der Waals surface area contributed by atoms with Gasteiger partial charge in [0.1, 0.15) is 5.82 Å². The molecule has 27 heavy (non-hydrogen) atoms. The number of anilines is 1. The summed E-state index contributed by atoms with van der Waals surface area (Å²) in [5.74, 6) is 0.756. The van der Waals surface area contributed by atoms with Gasteiger partial charge in [-0.05, 0) is 49.4 Å². The first kappa shape index (κ1) is 17.7. The normalized spacial score (nSPS) is 11.6. The molecular weight excluding hydrogens is 428 g/mol. The van der Waals surface area contributed by atoms with E-state index in [1.54, 1.807) is 53.4 Å². The third-order valence-corrected chi connectivity index (χ3v) is 5.95. The van der Waals surface area contributed by atoms with Gasteiger partial charge in [0.2, 0.25) is 5.95 Å². The molecule has 0 bridgehead atoms. The Labute approximate surface area is 165 Å². The van der Waals surface area contributed by atoms with Crippen LogP contribution in [0, 0.1) is 6.92 Å². The molecule has 0 unspecified atom stereocenters. The summed E-state index contributed by atoms with van der Waals surface area (Å²) in [7, 11) is -3.76. The van der Waals surface area contributed by atoms with E-state index in [1.807, 2.05) is 25.1 Å². The van der Waals surface area contributed by atoms with Gasteiger partial charge in [-0.1, -0.05) is 33.6 Å². The van der Waals surface area contributed by atoms with Crippen LogP contribution in [0.15, 0.2) is 76.4 Å². The Morgan fingerprint density at radius 1 is 1.00 bits per heavy atom. The smallest absolute Gasteiger partial charge is 0.263 e. The molecule has 0 fully saturated rings. The SMILES string of the molecule is Cc1ccc(S(=O)(=O)Nc2cc3cc(Br)ccc3n2-c2ncccn2)cc1. The van der Waals surface area contributed by atoms with Crippen molar-refractivity contribution in [3.8, 4) is 5.95 Å². The number of rotatable bonds is 4. The Balaban J connectivity index is 1.87. The maximum atomic E-state index is 12.9. The maximum absolute atomic E-state index is 12.9. The minimum absolute atomic E-state index is 0.195. The van der Waals surface area contributed by atoms with Gasteiger partial charge in [-0.2, -0.15) is 0 Å². The largest absolute Gasteiger partial charge is 0.264 e. The molecule has 4 aromatic rings. The average molecular weight is 443 g/mol. The molecule has 2 heterocycles. The summed E-state index contributed by atoms with van der Waals surface area (Å²) in [4.78, 5) is 8.74. The van der Waals surface area contributed by atoms with Crippen molar-refractivity contribution in [1.82, 2.24) is 14.5 Å². The Bertz CT molecular complexity index is 1220. The highest BCUT2D eigenvalue weighted by Crippen LogP contribution is 2.30. The van der Waals surface area contributed by atoms with Crippen LogP contribution in [0.4, 0.5) is 5.82 Å². The summed E-state index contributed by atoms with van der Waals surface area (Å²) >= 11 is 3.45. The zero-order valence-electron chi connectivity index (χ0n) is 14.3. The van der Waals surface area contributed by atoms with Crippen molar-refractivity contribution in [1.29, 1.82) is 0 Å². The van der Waals surface area contributed by atoms with Crippen molar-refractivity contribution in [2.75, 3.05) is 4.72 Å². The maximum Gasteiger partial charge on any atom is 0.263 e. The van der Waals surface area contributed by atoms with Gasteiger partial charge in [-0.3, -0.25) is 9.29 Å². The number of nitrogens with one attached hydrogen (secondary N) is 1. The van der Waals surface area contributed by atoms with Crippen molar-refractivity contribution in [3.63, 3.8) is 0 Å². The minimum atomic E-state index is -3.76. The first-order chi connectivity index (χ1) is 12.9. The molecule has 2 aromatic carbocycles. The summed E-state index contributed by atoms with van der Waals surface area (Å²) in [5.41, 5.74) is 1.79. The molecule has 0 aliphatic heterocycles. The van der Waals surface area contributed by atoms with Gasteiger partial charge >= 0.3 is 0 Å². The van der Waals surface area contributed by atoms with Crippen LogP contribution in [-0.2, 0) is 10.0 Å². The van der Waals surface area contributed by atoms with Crippen LogP contribution in [0.5, 0.6) is 0 Å². The number of benzene rings is 2. The lowest BCUT2D eigenvalue weighted by Crippen LogP contribution is -2.16. The van der Waals surface area contributed by atoms with E-state index in [0.717, 1.165) is 20.9 Å². The molecule has 0 atom stereocenters. The topological polar surface area (TPSA) is 76.9 Å². The minimum Gasteiger partial charge on any atom is -0.264 e. The fourth-order valence-corrected chi connectivity index (χ4v) is 4.21. The molecule has 0 saturated carbocycles. The summed E-state index contributed by atoms with van der Waals surface area (Å²) in [6, 6.07) is 15.9. The lowest BCUT2D eigenvalue weighted by Gasteiger charge is -2.11. The molecule has 0 saturated heterocycles. The van der Waals surface area contributed by atoms with E-state index in [-0.39, 0.29) is 4.90 Å². The second-order valence-corrected chi connectivity index (χ2v) is 8.63. The fraction of sp³-hybridized carbons (Fsp3) is 0.0526. The molecule has 0 radical (unpaired) electrons. The third-order valence-electron chi connectivity index (χ3n) is 4.09. The van der Waals surface area contributed by atoms with Crippen LogP contribution in [0.25, 0.3) is 16.9 Å². The van der Waals surface area contributed by atoms with Crippen molar-refractivity contribution in [2.45, 2.75) is 11.8 Å². The number of nitrogens with zero attached hydrogens (tertiary/aromatic N) is 3. The van der Waals surface area contributed by atoms with Gasteiger partial charge in [-0.15, -0.1) is 0 Å². The van der Waals surface area contributed by atoms with E-state index in [2.05, 4.69) is 30.6 Å². The molecule has 6 nitrogen and oxygen atoms in total. The van der Waals surface area contributed by atoms with E-state index in [4.69, 9.17) is 0 Å². The van der Waals surface area contributed by atoms with Gasteiger partial charge in [0.05, 0.1) is 10.4 Å². The number of hydrogen-bond donors (Lipinski definition) is 1. The zero-order valence-corrected chi connectivity index (χ0v) is 16.7. The third kappa shape index (κ3) is 3.45. The highest BCUT2D eigenvalue weighted by molar-refractivity contribution is 9.10. The Hall–Kier alpha value is -2.71. The highest BCUT2D eigenvalue weighted by Gasteiger charge is 2.19. The van der Waals surface area contributed by atoms with Crippen molar-refractivity contribution in [3.05, 3.63) is 77.0 Å². The van der Waals surface area contributed by atoms with Crippen molar-refractivity contribution >= 4 is 42.7 Å². The molecule has 1 N–H and O–H groups in total. The molecule has 4 rings (SSSR count). The van der Waals surface area contributed by atoms with E-state index in [9.17, 15) is 8.42 Å². The first-order valence-electron chi connectivity index (χ1n) is 8.12. The molecule has 2 aromatic heterocycles. The van der Waals surface area contributed by atoms with Gasteiger partial charge in [0, 0.05) is 22.3 Å². The zero-order chi connectivity index (χ0) is 19.0. The Morgan fingerprint density at radius 2 is 1.70 bits per heavy atom. The quantitative estimate of drug-likeness (QED) is 0.511. The molecule has 8 heteroatoms. The molecular formula is C19H15BrN4O2S. The van der Waals surface area contributed by atoms with E-state index < -0.39 is 10.0 Å². The van der Waals surface area contributed by atoms with Crippen LogP contribution >= 0.6 is 15.9 Å². The van der Waals surface area contributed by atoms with Crippen LogP contribution in [-0.4, -0.2) is 23.0 Å². The molecule has 0 aliphatic rings. The van der Waals surface area contributed by atoms with Gasteiger partial charge in [0.15, 0.2) is 0 Å². The lowest BCUT2D eigenvalue weighted by molar-refractivity contribution is 0.601. The number of sulfonamides is 1. The number of fused-ring (bicyclic) bond motifs is 1. The number of hydrogen-bond acceptors (Lipinski definition) is 4. The predicted molar refractivity (Wildman–Crippen MR) is 109 cm³/mol. The Kier molecular flexibility index (Phi) is 4.45. The first-order valence-corrected chi connectivity index (χ1v) is 10.4. The van der Waals surface area contributed by atoms with Crippen LogP contribution in [0.1, 0.15) is 5.56 Å². The van der Waals surface area contributed by atoms with Crippen LogP contribution < -0.4 is 4.72 Å². The van der Waals surface area contributed by atoms with Crippen LogP contribution in [0.2, 0.25) is 0 Å². The average Bonchev–Trinajstić information content (AvgIpc) is 2.98. The van der Waals surface area contributed by atoms with Crippen molar-refractivity contribution < 1.29 is 8.42 Å². The Morgan fingerprint density at radius 3 is 2.41 bits per heavy atom. The van der Waals surface area contributed by atoms with E-state index in [1.165, 1.54) is 0 Å². The molecule has 136 valence electrons. The van der Waals surface area contributed by atoms with E-state index in [0.29, 0.717) is 11.8 Å². The van der Waals surface area contributed by atoms with Gasteiger partial charge in [-0.25, -0.2) is 18.4 Å². The predicted octanol–water partition coefficient (Wildman–Crippen LogP) is 4.29. The summed E-state index contributed by atoms with van der Waals surface area (Å²) in [6.07, 6.45) is 3.23. The standard InChI is InChI=1S/C19H15BrN4O2S/c1-13-3-6-16(7-4-13)27(25,26)23-18-12-14-11-15(20)5-8-17(14)24(18)19-21-9-2-10-22-19/h2-12,23H,1H3. The highest BCUT2D eigenvalue weighted by atomic mass is 79.9. The number of halogens is 1. The van der Waals surface area contributed by atoms with E-state index >= 15 is 0 Å². The summed E-state index contributed by atoms with van der Waals surface area (Å²) in [6.45, 7) is 1.91. The van der Waals surface area contributed by atoms with Gasteiger partial charge in [0.25, 0.3) is 10.0 Å². The summed E-state index contributed by atoms with van der Waals surface area (Å²) < 4.78 is 31.0. The number of aromatic nitrogens is 3. The molecule has 0 aliphatic carbocycles. The fourth-order valence-electron chi connectivity index (χ4n) is 2.80. The summed E-state index contributed by atoms with van der Waals surface area (Å²) in [5, 5.41) is 0.860. The lowest BCUT2D eigenvalue weighted by atomic mass is 10.2. The number of aryl methyl sites for hydroxylation is 1. The molecule has 0 spiro atoms. The monoisotopic (exact) mass is 442 g/mol. The van der Waals surface area contributed by atoms with Crippen molar-refractivity contribution in [2.24, 2.45) is 0 Å². The second kappa shape index (κ2) is 6.79. The van der Waals surface area contributed by atoms with Gasteiger partial charge < -0.3 is 0 Å².